The fourth-order valence-corrected chi connectivity index (χ4v) is 3.57. The highest BCUT2D eigenvalue weighted by Gasteiger charge is 2.17. The van der Waals surface area contributed by atoms with E-state index in [-0.39, 0.29) is 20.4 Å². The standard InChI is InChI=1S/2C4H9.Mg/c1-4(2)3;1-3-4-2;/h1-3H3;3H,4H2,1-2H3;. The van der Waals surface area contributed by atoms with Crippen molar-refractivity contribution in [2.45, 2.75) is 48.6 Å². The van der Waals surface area contributed by atoms with Gasteiger partial charge in [0.1, 0.15) is 0 Å². The molecule has 52 valence electrons. The van der Waals surface area contributed by atoms with Crippen molar-refractivity contribution in [3.8, 4) is 0 Å². The van der Waals surface area contributed by atoms with Crippen molar-refractivity contribution in [3.05, 3.63) is 0 Å². The molecule has 0 saturated carbocycles. The van der Waals surface area contributed by atoms with E-state index in [0.29, 0.717) is 3.54 Å². The maximum atomic E-state index is 2.39. The van der Waals surface area contributed by atoms with Crippen LogP contribution in [0.1, 0.15) is 41.0 Å². The zero-order chi connectivity index (χ0) is 7.49. The van der Waals surface area contributed by atoms with Crippen LogP contribution in [-0.4, -0.2) is 20.4 Å². The topological polar surface area (TPSA) is 0 Å². The summed E-state index contributed by atoms with van der Waals surface area (Å²) in [6, 6.07) is 0. The molecule has 1 heteroatoms. The second-order valence-electron chi connectivity index (χ2n) is 4.28. The molecule has 0 N–H and O–H groups in total. The van der Waals surface area contributed by atoms with Crippen LogP contribution in [0.4, 0.5) is 0 Å². The third kappa shape index (κ3) is 6.65. The first-order valence-corrected chi connectivity index (χ1v) is 5.48. The summed E-state index contributed by atoms with van der Waals surface area (Å²) >= 11 is 0.174. The molecule has 0 radical (unpaired) electrons. The fourth-order valence-electron chi connectivity index (χ4n) is 1.19. The van der Waals surface area contributed by atoms with Crippen molar-refractivity contribution in [2.75, 3.05) is 0 Å². The van der Waals surface area contributed by atoms with E-state index < -0.39 is 0 Å². The van der Waals surface area contributed by atoms with Crippen LogP contribution in [0.5, 0.6) is 0 Å². The minimum Gasteiger partial charge on any atom is -0.137 e. The van der Waals surface area contributed by atoms with Crippen molar-refractivity contribution >= 4 is 20.4 Å². The monoisotopic (exact) mass is 138 g/mol. The number of hydrogen-bond acceptors (Lipinski definition) is 0. The van der Waals surface area contributed by atoms with Gasteiger partial charge in [0.05, 0.1) is 0 Å². The van der Waals surface area contributed by atoms with Gasteiger partial charge in [-0.1, -0.05) is 41.0 Å². The maximum absolute atomic E-state index is 2.39. The molecule has 9 heavy (non-hydrogen) atoms. The molecule has 0 nitrogen and oxygen atoms in total. The quantitative estimate of drug-likeness (QED) is 0.515. The molecule has 0 spiro atoms. The van der Waals surface area contributed by atoms with Crippen LogP contribution < -0.4 is 0 Å². The van der Waals surface area contributed by atoms with E-state index in [4.69, 9.17) is 0 Å². The van der Waals surface area contributed by atoms with Gasteiger partial charge in [-0.15, -0.1) is 7.59 Å². The lowest BCUT2D eigenvalue weighted by atomic mass is 10.2. The van der Waals surface area contributed by atoms with Crippen molar-refractivity contribution < 1.29 is 0 Å². The average molecular weight is 139 g/mol. The summed E-state index contributed by atoms with van der Waals surface area (Å²) < 4.78 is 1.69. The minimum absolute atomic E-state index is 0.174. The first-order valence-electron chi connectivity index (χ1n) is 3.95. The number of rotatable bonds is 2. The summed E-state index contributed by atoms with van der Waals surface area (Å²) in [5.74, 6) is 0. The Bertz CT molecular complexity index is 71.1. The molecular formula is C8H18Mg. The predicted molar refractivity (Wildman–Crippen MR) is 45.2 cm³/mol. The van der Waals surface area contributed by atoms with Crippen molar-refractivity contribution in [2.24, 2.45) is 0 Å². The van der Waals surface area contributed by atoms with Crippen molar-refractivity contribution in [3.63, 3.8) is 0 Å². The van der Waals surface area contributed by atoms with Gasteiger partial charge >= 0.3 is 20.4 Å². The Morgan fingerprint density at radius 2 is 1.78 bits per heavy atom. The molecular weight excluding hydrogens is 120 g/mol. The van der Waals surface area contributed by atoms with E-state index >= 15 is 0 Å². The Morgan fingerprint density at radius 3 is 1.89 bits per heavy atom. The molecule has 0 aliphatic rings. The zero-order valence-corrected chi connectivity index (χ0v) is 8.91. The van der Waals surface area contributed by atoms with E-state index in [2.05, 4.69) is 34.6 Å². The van der Waals surface area contributed by atoms with Crippen LogP contribution >= 0.6 is 0 Å². The van der Waals surface area contributed by atoms with Crippen LogP contribution in [0.15, 0.2) is 0 Å². The average Bonchev–Trinajstić information content (AvgIpc) is 1.62. The molecule has 0 aromatic rings. The molecule has 0 fully saturated rings. The van der Waals surface area contributed by atoms with Gasteiger partial charge in [0.15, 0.2) is 0 Å². The largest absolute Gasteiger partial charge is 0.376 e. The summed E-state index contributed by atoms with van der Waals surface area (Å²) in [6.07, 6.45) is 1.38. The third-order valence-electron chi connectivity index (χ3n) is 1.66. The predicted octanol–water partition coefficient (Wildman–Crippen LogP) is 3.13. The Hall–Kier alpha value is 0.766. The minimum atomic E-state index is 0.174. The van der Waals surface area contributed by atoms with E-state index in [1.54, 1.807) is 0 Å². The van der Waals surface area contributed by atoms with E-state index in [1.165, 1.54) is 6.42 Å². The van der Waals surface area contributed by atoms with E-state index in [1.807, 2.05) is 0 Å². The van der Waals surface area contributed by atoms with Crippen LogP contribution in [0.3, 0.4) is 0 Å². The lowest BCUT2D eigenvalue weighted by molar-refractivity contribution is 0.718. The lowest BCUT2D eigenvalue weighted by Gasteiger charge is -2.19. The summed E-state index contributed by atoms with van der Waals surface area (Å²) in [7, 11) is 0. The molecule has 0 aromatic heterocycles. The molecule has 0 rings (SSSR count). The second kappa shape index (κ2) is 3.82. The normalized spacial score (nSPS) is 14.8. The van der Waals surface area contributed by atoms with Crippen LogP contribution in [0.2, 0.25) is 7.59 Å². The summed E-state index contributed by atoms with van der Waals surface area (Å²) in [6.45, 7) is 11.8. The molecule has 0 saturated heterocycles. The van der Waals surface area contributed by atoms with Crippen LogP contribution in [0.25, 0.3) is 0 Å². The van der Waals surface area contributed by atoms with E-state index in [0.717, 1.165) is 4.05 Å². The van der Waals surface area contributed by atoms with Gasteiger partial charge in [-0.3, -0.25) is 0 Å². The van der Waals surface area contributed by atoms with Gasteiger partial charge in [-0.05, 0) is 0 Å². The lowest BCUT2D eigenvalue weighted by Crippen LogP contribution is -2.12. The number of hydrogen-bond donors (Lipinski definition) is 0. The molecule has 0 aliphatic heterocycles. The third-order valence-corrected chi connectivity index (χ3v) is 4.16. The van der Waals surface area contributed by atoms with Crippen LogP contribution in [0, 0.1) is 0 Å². The molecule has 0 heterocycles. The van der Waals surface area contributed by atoms with Gasteiger partial charge in [-0.25, -0.2) is 0 Å². The summed E-state index contributed by atoms with van der Waals surface area (Å²) in [5.41, 5.74) is 0. The van der Waals surface area contributed by atoms with Gasteiger partial charge in [0.25, 0.3) is 0 Å². The Labute approximate surface area is 69.1 Å². The van der Waals surface area contributed by atoms with Gasteiger partial charge in [-0.2, -0.15) is 0 Å². The fraction of sp³-hybridized carbons (Fsp3) is 1.00. The van der Waals surface area contributed by atoms with Gasteiger partial charge in [0, 0.05) is 0 Å². The zero-order valence-electron chi connectivity index (χ0n) is 7.49. The second-order valence-corrected chi connectivity index (χ2v) is 8.20. The smallest absolute Gasteiger partial charge is 0.137 e. The summed E-state index contributed by atoms with van der Waals surface area (Å²) in [4.78, 5) is 0. The van der Waals surface area contributed by atoms with Gasteiger partial charge < -0.3 is 0 Å². The first kappa shape index (κ1) is 9.77. The first-order chi connectivity index (χ1) is 3.95. The van der Waals surface area contributed by atoms with Crippen molar-refractivity contribution in [1.29, 1.82) is 0 Å². The Balaban J connectivity index is 3.47. The molecule has 0 bridgehead atoms. The summed E-state index contributed by atoms with van der Waals surface area (Å²) in [5, 5.41) is 0. The SMILES string of the molecule is CC[CH](C)[Mg][C](C)(C)C. The Morgan fingerprint density at radius 1 is 1.33 bits per heavy atom. The molecule has 0 amide bonds. The van der Waals surface area contributed by atoms with E-state index in [9.17, 15) is 0 Å². The Kier molecular flexibility index (Phi) is 4.14. The van der Waals surface area contributed by atoms with Crippen molar-refractivity contribution in [1.82, 2.24) is 0 Å². The highest BCUT2D eigenvalue weighted by molar-refractivity contribution is 6.41. The van der Waals surface area contributed by atoms with Crippen LogP contribution in [-0.2, 0) is 0 Å². The molecule has 0 aliphatic carbocycles. The molecule has 1 atom stereocenters. The molecule has 0 aromatic carbocycles. The molecule has 1 unspecified atom stereocenters. The highest BCUT2D eigenvalue weighted by Crippen LogP contribution is 2.26. The maximum Gasteiger partial charge on any atom is 0.376 e. The van der Waals surface area contributed by atoms with Gasteiger partial charge in [0.2, 0.25) is 0 Å². The highest BCUT2D eigenvalue weighted by atomic mass is 24.5.